The standard InChI is InChI=1S/C25H21BrFNO5/c1-31-22-14-16(13-19(26)24(22)33-15-17-7-3-5-9-20(17)27)11-12-23(29)28-21-10-6-4-8-18(21)25(30)32-2/h3-14H,15H2,1-2H3,(H,28,29)/b12-11+. The van der Waals surface area contributed by atoms with Crippen LogP contribution in [0.3, 0.4) is 0 Å². The van der Waals surface area contributed by atoms with Crippen molar-refractivity contribution in [1.29, 1.82) is 0 Å². The summed E-state index contributed by atoms with van der Waals surface area (Å²) in [6, 6.07) is 16.3. The maximum Gasteiger partial charge on any atom is 0.339 e. The minimum absolute atomic E-state index is 0.0266. The molecule has 170 valence electrons. The van der Waals surface area contributed by atoms with Gasteiger partial charge in [-0.25, -0.2) is 9.18 Å². The average molecular weight is 514 g/mol. The van der Waals surface area contributed by atoms with E-state index in [4.69, 9.17) is 14.2 Å². The van der Waals surface area contributed by atoms with Gasteiger partial charge in [0.15, 0.2) is 11.5 Å². The molecule has 0 aliphatic carbocycles. The highest BCUT2D eigenvalue weighted by molar-refractivity contribution is 9.10. The summed E-state index contributed by atoms with van der Waals surface area (Å²) in [6.45, 7) is 0.0266. The van der Waals surface area contributed by atoms with Gasteiger partial charge in [0.25, 0.3) is 0 Å². The van der Waals surface area contributed by atoms with E-state index in [1.54, 1.807) is 60.7 Å². The lowest BCUT2D eigenvalue weighted by atomic mass is 10.1. The fraction of sp³-hybridized carbons (Fsp3) is 0.120. The van der Waals surface area contributed by atoms with Gasteiger partial charge in [0.05, 0.1) is 29.9 Å². The van der Waals surface area contributed by atoms with Crippen molar-refractivity contribution in [3.05, 3.63) is 93.7 Å². The third-order valence-corrected chi connectivity index (χ3v) is 5.19. The minimum atomic E-state index is -0.547. The summed E-state index contributed by atoms with van der Waals surface area (Å²) in [5.74, 6) is -0.506. The quantitative estimate of drug-likeness (QED) is 0.312. The molecule has 0 spiro atoms. The number of hydrogen-bond donors (Lipinski definition) is 1. The van der Waals surface area contributed by atoms with Gasteiger partial charge < -0.3 is 19.5 Å². The van der Waals surface area contributed by atoms with Crippen molar-refractivity contribution in [1.82, 2.24) is 0 Å². The van der Waals surface area contributed by atoms with Crippen LogP contribution in [0.25, 0.3) is 6.08 Å². The average Bonchev–Trinajstić information content (AvgIpc) is 2.82. The molecule has 0 saturated heterocycles. The number of methoxy groups -OCH3 is 2. The highest BCUT2D eigenvalue weighted by Crippen LogP contribution is 2.37. The second-order valence-corrected chi connectivity index (χ2v) is 7.63. The van der Waals surface area contributed by atoms with Gasteiger partial charge in [0.2, 0.25) is 5.91 Å². The first-order valence-corrected chi connectivity index (χ1v) is 10.6. The number of rotatable bonds is 8. The normalized spacial score (nSPS) is 10.7. The van der Waals surface area contributed by atoms with Crippen LogP contribution in [0.1, 0.15) is 21.5 Å². The van der Waals surface area contributed by atoms with E-state index in [-0.39, 0.29) is 18.0 Å². The predicted octanol–water partition coefficient (Wildman–Crippen LogP) is 5.61. The molecule has 1 amide bonds. The number of amides is 1. The Morgan fingerprint density at radius 1 is 1.06 bits per heavy atom. The zero-order valence-corrected chi connectivity index (χ0v) is 19.5. The molecule has 0 saturated carbocycles. The fourth-order valence-corrected chi connectivity index (χ4v) is 3.54. The van der Waals surface area contributed by atoms with E-state index < -0.39 is 11.9 Å². The summed E-state index contributed by atoms with van der Waals surface area (Å²) < 4.78 is 30.4. The lowest BCUT2D eigenvalue weighted by Crippen LogP contribution is -2.12. The van der Waals surface area contributed by atoms with Crippen LogP contribution in [0.5, 0.6) is 11.5 Å². The minimum Gasteiger partial charge on any atom is -0.493 e. The van der Waals surface area contributed by atoms with Crippen molar-refractivity contribution in [2.24, 2.45) is 0 Å². The summed E-state index contributed by atoms with van der Waals surface area (Å²) >= 11 is 3.44. The molecule has 0 aliphatic heterocycles. The maximum absolute atomic E-state index is 13.9. The molecule has 33 heavy (non-hydrogen) atoms. The van der Waals surface area contributed by atoms with E-state index in [1.807, 2.05) is 0 Å². The largest absolute Gasteiger partial charge is 0.493 e. The summed E-state index contributed by atoms with van der Waals surface area (Å²) in [4.78, 5) is 24.2. The van der Waals surface area contributed by atoms with Crippen molar-refractivity contribution < 1.29 is 28.2 Å². The summed E-state index contributed by atoms with van der Waals surface area (Å²) in [6.07, 6.45) is 2.92. The first-order valence-electron chi connectivity index (χ1n) is 9.83. The molecule has 6 nitrogen and oxygen atoms in total. The second kappa shape index (κ2) is 11.3. The van der Waals surface area contributed by atoms with Gasteiger partial charge in [-0.1, -0.05) is 30.3 Å². The van der Waals surface area contributed by atoms with Crippen molar-refractivity contribution >= 4 is 39.6 Å². The first kappa shape index (κ1) is 24.0. The Hall–Kier alpha value is -3.65. The molecule has 0 aliphatic rings. The van der Waals surface area contributed by atoms with Gasteiger partial charge in [-0.2, -0.15) is 0 Å². The molecule has 3 aromatic carbocycles. The lowest BCUT2D eigenvalue weighted by molar-refractivity contribution is -0.111. The first-order chi connectivity index (χ1) is 15.9. The zero-order valence-electron chi connectivity index (χ0n) is 17.9. The number of carbonyl (C=O) groups excluding carboxylic acids is 2. The molecule has 8 heteroatoms. The van der Waals surface area contributed by atoms with Gasteiger partial charge in [-0.3, -0.25) is 4.79 Å². The van der Waals surface area contributed by atoms with Crippen LogP contribution in [0.2, 0.25) is 0 Å². The SMILES string of the molecule is COC(=O)c1ccccc1NC(=O)/C=C/c1cc(Br)c(OCc2ccccc2F)c(OC)c1. The van der Waals surface area contributed by atoms with Crippen molar-refractivity contribution in [2.45, 2.75) is 6.61 Å². The van der Waals surface area contributed by atoms with Gasteiger partial charge in [-0.05, 0) is 57.9 Å². The smallest absolute Gasteiger partial charge is 0.339 e. The lowest BCUT2D eigenvalue weighted by Gasteiger charge is -2.14. The Labute approximate surface area is 199 Å². The van der Waals surface area contributed by atoms with E-state index in [0.717, 1.165) is 0 Å². The molecule has 0 fully saturated rings. The van der Waals surface area contributed by atoms with E-state index in [2.05, 4.69) is 21.2 Å². The Kier molecular flexibility index (Phi) is 8.21. The Balaban J connectivity index is 1.74. The monoisotopic (exact) mass is 513 g/mol. The molecule has 0 heterocycles. The van der Waals surface area contributed by atoms with Crippen LogP contribution in [0.15, 0.2) is 71.2 Å². The number of benzene rings is 3. The van der Waals surface area contributed by atoms with E-state index in [9.17, 15) is 14.0 Å². The van der Waals surface area contributed by atoms with Crippen LogP contribution in [-0.2, 0) is 16.1 Å². The van der Waals surface area contributed by atoms with Crippen molar-refractivity contribution in [3.63, 3.8) is 0 Å². The molecule has 0 radical (unpaired) electrons. The number of hydrogen-bond acceptors (Lipinski definition) is 5. The highest BCUT2D eigenvalue weighted by Gasteiger charge is 2.14. The van der Waals surface area contributed by atoms with Crippen LogP contribution < -0.4 is 14.8 Å². The Morgan fingerprint density at radius 2 is 1.79 bits per heavy atom. The zero-order chi connectivity index (χ0) is 23.8. The molecular weight excluding hydrogens is 493 g/mol. The third kappa shape index (κ3) is 6.20. The van der Waals surface area contributed by atoms with E-state index >= 15 is 0 Å². The predicted molar refractivity (Wildman–Crippen MR) is 127 cm³/mol. The third-order valence-electron chi connectivity index (χ3n) is 4.60. The van der Waals surface area contributed by atoms with E-state index in [0.29, 0.717) is 32.8 Å². The number of carbonyl (C=O) groups is 2. The van der Waals surface area contributed by atoms with Crippen LogP contribution >= 0.6 is 15.9 Å². The number of halogens is 2. The molecule has 3 aromatic rings. The summed E-state index contributed by atoms with van der Waals surface area (Å²) in [5, 5.41) is 2.66. The molecule has 0 bridgehead atoms. The topological polar surface area (TPSA) is 73.9 Å². The van der Waals surface area contributed by atoms with E-state index in [1.165, 1.54) is 26.4 Å². The van der Waals surface area contributed by atoms with Crippen molar-refractivity contribution in [3.8, 4) is 11.5 Å². The highest BCUT2D eigenvalue weighted by atomic mass is 79.9. The molecule has 0 aromatic heterocycles. The van der Waals surface area contributed by atoms with Crippen LogP contribution in [-0.4, -0.2) is 26.1 Å². The second-order valence-electron chi connectivity index (χ2n) is 6.77. The number of anilines is 1. The summed E-state index contributed by atoms with van der Waals surface area (Å²) in [7, 11) is 2.76. The van der Waals surface area contributed by atoms with Crippen LogP contribution in [0, 0.1) is 5.82 Å². The molecule has 0 atom stereocenters. The molecule has 3 rings (SSSR count). The number of para-hydroxylation sites is 1. The molecule has 0 unspecified atom stereocenters. The Bertz CT molecular complexity index is 1200. The van der Waals surface area contributed by atoms with Gasteiger partial charge in [0, 0.05) is 11.6 Å². The van der Waals surface area contributed by atoms with Gasteiger partial charge in [0.1, 0.15) is 12.4 Å². The van der Waals surface area contributed by atoms with Gasteiger partial charge >= 0.3 is 5.97 Å². The molecular formula is C25H21BrFNO5. The number of nitrogens with one attached hydrogen (secondary N) is 1. The fourth-order valence-electron chi connectivity index (χ4n) is 2.97. The van der Waals surface area contributed by atoms with Gasteiger partial charge in [-0.15, -0.1) is 0 Å². The maximum atomic E-state index is 13.9. The van der Waals surface area contributed by atoms with Crippen LogP contribution in [0.4, 0.5) is 10.1 Å². The Morgan fingerprint density at radius 3 is 2.52 bits per heavy atom. The number of ether oxygens (including phenoxy) is 3. The summed E-state index contributed by atoms with van der Waals surface area (Å²) in [5.41, 5.74) is 1.67. The molecule has 1 N–H and O–H groups in total. The van der Waals surface area contributed by atoms with Crippen molar-refractivity contribution in [2.75, 3.05) is 19.5 Å². The number of esters is 1.